The van der Waals surface area contributed by atoms with Gasteiger partial charge in [-0.15, -0.1) is 11.3 Å². The quantitative estimate of drug-likeness (QED) is 0.618. The highest BCUT2D eigenvalue weighted by molar-refractivity contribution is 9.11. The molecule has 2 nitrogen and oxygen atoms in total. The van der Waals surface area contributed by atoms with E-state index in [1.54, 1.807) is 6.20 Å². The highest BCUT2D eigenvalue weighted by atomic mass is 79.9. The van der Waals surface area contributed by atoms with Gasteiger partial charge in [-0.1, -0.05) is 11.6 Å². The second-order valence-corrected chi connectivity index (χ2v) is 8.30. The van der Waals surface area contributed by atoms with Crippen molar-refractivity contribution in [3.63, 3.8) is 0 Å². The van der Waals surface area contributed by atoms with Crippen LogP contribution in [-0.4, -0.2) is 4.98 Å². The third-order valence-corrected chi connectivity index (χ3v) is 5.67. The SMILES string of the molecule is Clc1ncc(Br)cc1NC1CCCc2sc(Br)cc21. The molecule has 0 bridgehead atoms. The van der Waals surface area contributed by atoms with Crippen molar-refractivity contribution in [2.45, 2.75) is 25.3 Å². The van der Waals surface area contributed by atoms with E-state index in [1.165, 1.54) is 27.1 Å². The molecule has 1 atom stereocenters. The second kappa shape index (κ2) is 5.72. The van der Waals surface area contributed by atoms with Crippen LogP contribution in [0.4, 0.5) is 5.69 Å². The van der Waals surface area contributed by atoms with Gasteiger partial charge in [0.2, 0.25) is 0 Å². The number of thiophene rings is 1. The number of rotatable bonds is 2. The molecule has 0 saturated carbocycles. The van der Waals surface area contributed by atoms with E-state index < -0.39 is 0 Å². The highest BCUT2D eigenvalue weighted by Crippen LogP contribution is 2.40. The van der Waals surface area contributed by atoms with E-state index in [9.17, 15) is 0 Å². The molecule has 0 amide bonds. The second-order valence-electron chi connectivity index (χ2n) is 4.51. The van der Waals surface area contributed by atoms with Gasteiger partial charge in [0.05, 0.1) is 15.5 Å². The van der Waals surface area contributed by atoms with Crippen molar-refractivity contribution < 1.29 is 0 Å². The first-order valence-corrected chi connectivity index (χ1v) is 8.77. The monoisotopic (exact) mass is 420 g/mol. The summed E-state index contributed by atoms with van der Waals surface area (Å²) < 4.78 is 2.13. The summed E-state index contributed by atoms with van der Waals surface area (Å²) in [4.78, 5) is 5.62. The Morgan fingerprint density at radius 3 is 3.05 bits per heavy atom. The minimum Gasteiger partial charge on any atom is -0.376 e. The molecule has 0 aromatic carbocycles. The number of fused-ring (bicyclic) bond motifs is 1. The molecule has 0 radical (unpaired) electrons. The van der Waals surface area contributed by atoms with Gasteiger partial charge in [-0.05, 0) is 68.8 Å². The van der Waals surface area contributed by atoms with Gasteiger partial charge in [-0.3, -0.25) is 0 Å². The smallest absolute Gasteiger partial charge is 0.152 e. The average Bonchev–Trinajstić information content (AvgIpc) is 2.75. The standard InChI is InChI=1S/C13H11Br2ClN2S/c14-7-4-10(13(16)17-6-7)18-9-2-1-3-11-8(9)5-12(15)19-11/h4-6,9,18H,1-3H2. The fourth-order valence-electron chi connectivity index (χ4n) is 2.38. The van der Waals surface area contributed by atoms with Crippen LogP contribution in [-0.2, 0) is 6.42 Å². The number of anilines is 1. The lowest BCUT2D eigenvalue weighted by molar-refractivity contribution is 0.608. The van der Waals surface area contributed by atoms with E-state index in [0.717, 1.165) is 16.6 Å². The predicted molar refractivity (Wildman–Crippen MR) is 88.3 cm³/mol. The first-order chi connectivity index (χ1) is 9.13. The lowest BCUT2D eigenvalue weighted by Crippen LogP contribution is -2.16. The minimum atomic E-state index is 0.319. The van der Waals surface area contributed by atoms with E-state index in [-0.39, 0.29) is 0 Å². The molecule has 19 heavy (non-hydrogen) atoms. The fourth-order valence-corrected chi connectivity index (χ4v) is 4.69. The topological polar surface area (TPSA) is 24.9 Å². The Morgan fingerprint density at radius 1 is 1.37 bits per heavy atom. The number of hydrogen-bond donors (Lipinski definition) is 1. The molecule has 1 N–H and O–H groups in total. The van der Waals surface area contributed by atoms with Gasteiger partial charge in [0.1, 0.15) is 0 Å². The Kier molecular flexibility index (Phi) is 4.17. The van der Waals surface area contributed by atoms with Gasteiger partial charge < -0.3 is 5.32 Å². The highest BCUT2D eigenvalue weighted by Gasteiger charge is 2.23. The van der Waals surface area contributed by atoms with Crippen molar-refractivity contribution in [2.75, 3.05) is 5.32 Å². The summed E-state index contributed by atoms with van der Waals surface area (Å²) >= 11 is 15.0. The van der Waals surface area contributed by atoms with Gasteiger partial charge in [-0.2, -0.15) is 0 Å². The third kappa shape index (κ3) is 2.99. The molecule has 0 spiro atoms. The lowest BCUT2D eigenvalue weighted by Gasteiger charge is -2.25. The zero-order chi connectivity index (χ0) is 13.4. The molecule has 2 heterocycles. The lowest BCUT2D eigenvalue weighted by atomic mass is 9.94. The Morgan fingerprint density at radius 2 is 2.21 bits per heavy atom. The first-order valence-electron chi connectivity index (χ1n) is 5.99. The Labute approximate surface area is 137 Å². The van der Waals surface area contributed by atoms with Crippen LogP contribution in [0.2, 0.25) is 5.15 Å². The molecule has 0 aliphatic heterocycles. The maximum Gasteiger partial charge on any atom is 0.152 e. The number of nitrogens with one attached hydrogen (secondary N) is 1. The molecule has 1 aliphatic carbocycles. The number of hydrogen-bond acceptors (Lipinski definition) is 3. The molecule has 1 aliphatic rings. The van der Waals surface area contributed by atoms with Crippen LogP contribution >= 0.6 is 54.8 Å². The van der Waals surface area contributed by atoms with Gasteiger partial charge in [-0.25, -0.2) is 4.98 Å². The van der Waals surface area contributed by atoms with Crippen LogP contribution in [0.3, 0.4) is 0 Å². The van der Waals surface area contributed by atoms with Crippen molar-refractivity contribution in [1.29, 1.82) is 0 Å². The molecule has 1 unspecified atom stereocenters. The summed E-state index contributed by atoms with van der Waals surface area (Å²) in [5.74, 6) is 0. The normalized spacial score (nSPS) is 18.2. The number of nitrogens with zero attached hydrogens (tertiary/aromatic N) is 1. The third-order valence-electron chi connectivity index (χ3n) is 3.22. The van der Waals surface area contributed by atoms with Gasteiger partial charge in [0, 0.05) is 15.5 Å². The summed E-state index contributed by atoms with van der Waals surface area (Å²) in [6.07, 6.45) is 5.21. The van der Waals surface area contributed by atoms with Crippen molar-refractivity contribution in [2.24, 2.45) is 0 Å². The molecule has 100 valence electrons. The largest absolute Gasteiger partial charge is 0.376 e. The molecular weight excluding hydrogens is 411 g/mol. The van der Waals surface area contributed by atoms with E-state index >= 15 is 0 Å². The zero-order valence-electron chi connectivity index (χ0n) is 9.92. The number of aromatic nitrogens is 1. The van der Waals surface area contributed by atoms with Crippen LogP contribution in [0, 0.1) is 0 Å². The maximum atomic E-state index is 6.15. The van der Waals surface area contributed by atoms with Crippen LogP contribution in [0.15, 0.2) is 26.6 Å². The Balaban J connectivity index is 1.90. The number of pyridine rings is 1. The average molecular weight is 423 g/mol. The zero-order valence-corrected chi connectivity index (χ0v) is 14.7. The van der Waals surface area contributed by atoms with E-state index in [0.29, 0.717) is 11.2 Å². The van der Waals surface area contributed by atoms with E-state index in [1.807, 2.05) is 17.4 Å². The number of halogens is 3. The van der Waals surface area contributed by atoms with Crippen molar-refractivity contribution in [3.05, 3.63) is 42.2 Å². The predicted octanol–water partition coefficient (Wildman–Crippen LogP) is 5.81. The first kappa shape index (κ1) is 13.9. The molecule has 2 aromatic rings. The Bertz CT molecular complexity index is 615. The Hall–Kier alpha value is -0.100. The van der Waals surface area contributed by atoms with Gasteiger partial charge >= 0.3 is 0 Å². The molecular formula is C13H11Br2ClN2S. The van der Waals surface area contributed by atoms with E-state index in [4.69, 9.17) is 11.6 Å². The summed E-state index contributed by atoms with van der Waals surface area (Å²) in [6.45, 7) is 0. The number of aryl methyl sites for hydroxylation is 1. The summed E-state index contributed by atoms with van der Waals surface area (Å²) in [7, 11) is 0. The van der Waals surface area contributed by atoms with Crippen LogP contribution < -0.4 is 5.32 Å². The van der Waals surface area contributed by atoms with Crippen LogP contribution in [0.1, 0.15) is 29.3 Å². The van der Waals surface area contributed by atoms with Crippen molar-refractivity contribution in [3.8, 4) is 0 Å². The molecule has 6 heteroatoms. The van der Waals surface area contributed by atoms with Crippen LogP contribution in [0.5, 0.6) is 0 Å². The van der Waals surface area contributed by atoms with Gasteiger partial charge in [0.15, 0.2) is 5.15 Å². The molecule has 3 rings (SSSR count). The molecule has 0 saturated heterocycles. The van der Waals surface area contributed by atoms with E-state index in [2.05, 4.69) is 48.2 Å². The summed E-state index contributed by atoms with van der Waals surface area (Å²) in [5, 5.41) is 4.04. The fraction of sp³-hybridized carbons (Fsp3) is 0.308. The van der Waals surface area contributed by atoms with Crippen LogP contribution in [0.25, 0.3) is 0 Å². The van der Waals surface area contributed by atoms with Crippen molar-refractivity contribution in [1.82, 2.24) is 4.98 Å². The summed E-state index contributed by atoms with van der Waals surface area (Å²) in [5.41, 5.74) is 2.27. The van der Waals surface area contributed by atoms with Crippen molar-refractivity contribution >= 4 is 60.5 Å². The molecule has 2 aromatic heterocycles. The minimum absolute atomic E-state index is 0.319. The maximum absolute atomic E-state index is 6.15. The van der Waals surface area contributed by atoms with Gasteiger partial charge in [0.25, 0.3) is 0 Å². The summed E-state index contributed by atoms with van der Waals surface area (Å²) in [6, 6.07) is 4.51. The molecule has 0 fully saturated rings.